The molecule has 0 unspecified atom stereocenters. The van der Waals surface area contributed by atoms with E-state index in [1.54, 1.807) is 0 Å². The Morgan fingerprint density at radius 3 is 2.17 bits per heavy atom. The fraction of sp³-hybridized carbons (Fsp3) is 0.441. The Bertz CT molecular complexity index is 1760. The van der Waals surface area contributed by atoms with Gasteiger partial charge >= 0.3 is 5.97 Å². The number of carboxylic acids is 1. The third-order valence-corrected chi connectivity index (χ3v) is 10.2. The van der Waals surface area contributed by atoms with E-state index >= 15 is 0 Å². The zero-order chi connectivity index (χ0) is 32.3. The Morgan fingerprint density at radius 1 is 0.935 bits per heavy atom. The molecule has 1 saturated heterocycles. The molecule has 1 aliphatic carbocycles. The fourth-order valence-corrected chi connectivity index (χ4v) is 7.21. The van der Waals surface area contributed by atoms with E-state index in [1.165, 1.54) is 11.8 Å². The lowest BCUT2D eigenvalue weighted by atomic mass is 9.85. The van der Waals surface area contributed by atoms with Gasteiger partial charge in [0.1, 0.15) is 15.9 Å². The number of carbonyl (C=O) groups is 1. The van der Waals surface area contributed by atoms with Gasteiger partial charge in [0, 0.05) is 57.5 Å². The van der Waals surface area contributed by atoms with Gasteiger partial charge in [0.15, 0.2) is 5.65 Å². The number of piperazine rings is 1. The van der Waals surface area contributed by atoms with Crippen molar-refractivity contribution in [1.29, 1.82) is 0 Å². The molecule has 0 spiro atoms. The van der Waals surface area contributed by atoms with Gasteiger partial charge in [-0.25, -0.2) is 13.4 Å². The molecule has 0 radical (unpaired) electrons. The maximum absolute atomic E-state index is 11.5. The zero-order valence-corrected chi connectivity index (χ0v) is 27.6. The highest BCUT2D eigenvalue weighted by Gasteiger charge is 2.25. The zero-order valence-electron chi connectivity index (χ0n) is 26.0. The van der Waals surface area contributed by atoms with Gasteiger partial charge in [-0.1, -0.05) is 60.1 Å². The minimum absolute atomic E-state index is 0.00171. The van der Waals surface area contributed by atoms with Crippen LogP contribution in [0, 0.1) is 5.92 Å². The van der Waals surface area contributed by atoms with Crippen molar-refractivity contribution in [3.63, 3.8) is 0 Å². The molecule has 2 fully saturated rings. The van der Waals surface area contributed by atoms with Gasteiger partial charge in [-0.2, -0.15) is 4.98 Å². The number of hydrogen-bond donors (Lipinski definition) is 2. The van der Waals surface area contributed by atoms with Gasteiger partial charge in [0.2, 0.25) is 0 Å². The Balaban J connectivity index is 1.04. The first-order valence-electron chi connectivity index (χ1n) is 15.8. The number of rotatable bonds is 11. The molecule has 0 atom stereocenters. The molecule has 10 nitrogen and oxygen atoms in total. The summed E-state index contributed by atoms with van der Waals surface area (Å²) in [6.07, 6.45) is 4.78. The summed E-state index contributed by atoms with van der Waals surface area (Å²) in [5, 5.41) is 9.57. The number of aromatic nitrogens is 3. The second kappa shape index (κ2) is 14.1. The van der Waals surface area contributed by atoms with Crippen LogP contribution in [0.15, 0.2) is 54.6 Å². The maximum atomic E-state index is 11.5. The molecule has 2 aliphatic rings. The highest BCUT2D eigenvalue weighted by Crippen LogP contribution is 2.33. The first-order chi connectivity index (χ1) is 22.1. The molecule has 4 aromatic rings. The Hall–Kier alpha value is -3.51. The Labute approximate surface area is 274 Å². The van der Waals surface area contributed by atoms with Crippen LogP contribution in [0.2, 0.25) is 5.02 Å². The molecule has 6 rings (SSSR count). The van der Waals surface area contributed by atoms with Crippen LogP contribution in [0.3, 0.4) is 0 Å². The molecule has 0 amide bonds. The standard InChI is InChI=1S/C34H40ClN5O5S/c1-46(43,44)19-18-39-14-16-40(17-15-39)22-24-2-6-25(7-3-24)26-8-10-27(11-9-26)32-29(35)21-30-33(37-32)38-34(36-30)45-28-12-4-23(5-13-28)20-31(41)42/h2-3,6-11,21,23,28H,4-5,12-20,22H2,1H3,(H,41,42)(H,36,37,38)/t23-,28-. The van der Waals surface area contributed by atoms with Crippen LogP contribution in [0.4, 0.5) is 0 Å². The third kappa shape index (κ3) is 8.44. The molecule has 1 aliphatic heterocycles. The molecular weight excluding hydrogens is 626 g/mol. The molecule has 3 heterocycles. The lowest BCUT2D eigenvalue weighted by molar-refractivity contribution is -0.138. The number of aliphatic carboxylic acids is 1. The second-order valence-electron chi connectivity index (χ2n) is 12.6. The maximum Gasteiger partial charge on any atom is 0.303 e. The van der Waals surface area contributed by atoms with Crippen molar-refractivity contribution in [3.8, 4) is 28.4 Å². The van der Waals surface area contributed by atoms with Gasteiger partial charge in [-0.3, -0.25) is 14.6 Å². The minimum atomic E-state index is -2.93. The number of fused-ring (bicyclic) bond motifs is 1. The normalized spacial score (nSPS) is 19.8. The average molecular weight is 666 g/mol. The van der Waals surface area contributed by atoms with E-state index in [9.17, 15) is 13.2 Å². The summed E-state index contributed by atoms with van der Waals surface area (Å²) in [7, 11) is -2.93. The summed E-state index contributed by atoms with van der Waals surface area (Å²) in [5.41, 5.74) is 6.26. The van der Waals surface area contributed by atoms with Crippen LogP contribution >= 0.6 is 11.6 Å². The number of carboxylic acid groups (broad SMARTS) is 1. The summed E-state index contributed by atoms with van der Waals surface area (Å²) < 4.78 is 29.0. The number of imidazole rings is 1. The van der Waals surface area contributed by atoms with Crippen LogP contribution in [0.5, 0.6) is 6.01 Å². The highest BCUT2D eigenvalue weighted by atomic mass is 35.5. The van der Waals surface area contributed by atoms with E-state index in [1.807, 2.05) is 18.2 Å². The van der Waals surface area contributed by atoms with E-state index in [2.05, 4.69) is 56.2 Å². The van der Waals surface area contributed by atoms with Crippen molar-refractivity contribution in [2.24, 2.45) is 5.92 Å². The average Bonchev–Trinajstić information content (AvgIpc) is 3.42. The molecule has 2 aromatic carbocycles. The van der Waals surface area contributed by atoms with E-state index in [4.69, 9.17) is 26.4 Å². The second-order valence-corrected chi connectivity index (χ2v) is 15.3. The van der Waals surface area contributed by atoms with Gasteiger partial charge in [-0.05, 0) is 54.4 Å². The van der Waals surface area contributed by atoms with Crippen molar-refractivity contribution in [3.05, 3.63) is 65.2 Å². The number of halogens is 1. The van der Waals surface area contributed by atoms with Crippen LogP contribution < -0.4 is 4.74 Å². The van der Waals surface area contributed by atoms with Gasteiger partial charge in [0.25, 0.3) is 6.01 Å². The summed E-state index contributed by atoms with van der Waals surface area (Å²) in [6, 6.07) is 19.0. The lowest BCUT2D eigenvalue weighted by Gasteiger charge is -2.34. The topological polar surface area (TPSA) is 129 Å². The molecule has 2 aromatic heterocycles. The number of aromatic amines is 1. The summed E-state index contributed by atoms with van der Waals surface area (Å²) in [5.74, 6) is -0.313. The van der Waals surface area contributed by atoms with Gasteiger partial charge in [0.05, 0.1) is 22.0 Å². The van der Waals surface area contributed by atoms with Crippen molar-refractivity contribution in [2.45, 2.75) is 44.8 Å². The quantitative estimate of drug-likeness (QED) is 0.213. The van der Waals surface area contributed by atoms with Crippen molar-refractivity contribution in [1.82, 2.24) is 24.8 Å². The number of benzene rings is 2. The smallest absolute Gasteiger partial charge is 0.303 e. The number of ether oxygens (including phenoxy) is 1. The number of nitrogens with zero attached hydrogens (tertiary/aromatic N) is 4. The number of nitrogens with one attached hydrogen (secondary N) is 1. The molecule has 2 N–H and O–H groups in total. The van der Waals surface area contributed by atoms with Crippen LogP contribution in [0.25, 0.3) is 33.5 Å². The SMILES string of the molecule is CS(=O)(=O)CCN1CCN(Cc2ccc(-c3ccc(-c4nc5nc(O[C@H]6CC[C@H](CC(=O)O)CC6)[nH]c5cc4Cl)cc3)cc2)CC1. The number of pyridine rings is 1. The summed E-state index contributed by atoms with van der Waals surface area (Å²) >= 11 is 6.66. The molecule has 0 bridgehead atoms. The first-order valence-corrected chi connectivity index (χ1v) is 18.3. The van der Waals surface area contributed by atoms with Crippen molar-refractivity contribution < 1.29 is 23.1 Å². The first kappa shape index (κ1) is 32.4. The number of sulfone groups is 1. The Kier molecular flexibility index (Phi) is 9.93. The molecular formula is C34H40ClN5O5S. The van der Waals surface area contributed by atoms with Crippen LogP contribution in [-0.4, -0.2) is 95.1 Å². The fourth-order valence-electron chi connectivity index (χ4n) is 6.36. The molecule has 244 valence electrons. The largest absolute Gasteiger partial charge is 0.481 e. The number of H-pyrrole nitrogens is 1. The van der Waals surface area contributed by atoms with E-state index in [-0.39, 0.29) is 24.2 Å². The van der Waals surface area contributed by atoms with E-state index < -0.39 is 15.8 Å². The summed E-state index contributed by atoms with van der Waals surface area (Å²) in [6.45, 7) is 5.12. The summed E-state index contributed by atoms with van der Waals surface area (Å²) in [4.78, 5) is 28.1. The Morgan fingerprint density at radius 2 is 1.54 bits per heavy atom. The molecule has 1 saturated carbocycles. The minimum Gasteiger partial charge on any atom is -0.481 e. The van der Waals surface area contributed by atoms with Crippen molar-refractivity contribution in [2.75, 3.05) is 44.7 Å². The predicted molar refractivity (Wildman–Crippen MR) is 180 cm³/mol. The predicted octanol–water partition coefficient (Wildman–Crippen LogP) is 5.52. The molecule has 12 heteroatoms. The van der Waals surface area contributed by atoms with Gasteiger partial charge < -0.3 is 14.8 Å². The lowest BCUT2D eigenvalue weighted by Crippen LogP contribution is -2.47. The van der Waals surface area contributed by atoms with Gasteiger partial charge in [-0.15, -0.1) is 0 Å². The van der Waals surface area contributed by atoms with Crippen LogP contribution in [0.1, 0.15) is 37.7 Å². The van der Waals surface area contributed by atoms with Crippen molar-refractivity contribution >= 4 is 38.6 Å². The van der Waals surface area contributed by atoms with E-state index in [0.717, 1.165) is 75.1 Å². The van der Waals surface area contributed by atoms with E-state index in [0.29, 0.717) is 34.4 Å². The van der Waals surface area contributed by atoms with Crippen LogP contribution in [-0.2, 0) is 21.2 Å². The third-order valence-electron chi connectivity index (χ3n) is 9.04. The highest BCUT2D eigenvalue weighted by molar-refractivity contribution is 7.90. The number of hydrogen-bond acceptors (Lipinski definition) is 8. The monoisotopic (exact) mass is 665 g/mol. The molecule has 46 heavy (non-hydrogen) atoms.